The molecule has 10 nitrogen and oxygen atoms in total. The van der Waals surface area contributed by atoms with Crippen molar-refractivity contribution in [3.63, 3.8) is 0 Å². The van der Waals surface area contributed by atoms with Crippen molar-refractivity contribution in [3.8, 4) is 0 Å². The molecule has 23 heavy (non-hydrogen) atoms. The molecule has 3 N–H and O–H groups in total. The Hall–Kier alpha value is -2.30. The standard InChI is InChI=1S/C13H18N6O4/c1-18(2)5-15-13-16-10-9(11(22)17-13)14-6-19(10)12-8(21)3-7(4-20)23-12/h5-8,12,20-21H,3-4H2,1-2H3,(H,16,17,22). The van der Waals surface area contributed by atoms with Gasteiger partial charge in [-0.3, -0.25) is 14.3 Å². The number of rotatable bonds is 4. The van der Waals surface area contributed by atoms with E-state index in [9.17, 15) is 9.90 Å². The van der Waals surface area contributed by atoms with Gasteiger partial charge in [-0.2, -0.15) is 4.98 Å². The van der Waals surface area contributed by atoms with E-state index in [4.69, 9.17) is 9.84 Å². The van der Waals surface area contributed by atoms with Crippen LogP contribution in [0.2, 0.25) is 0 Å². The first-order valence-corrected chi connectivity index (χ1v) is 7.11. The zero-order chi connectivity index (χ0) is 16.6. The number of fused-ring (bicyclic) bond motifs is 1. The fraction of sp³-hybridized carbons (Fsp3) is 0.538. The number of aliphatic hydroxyl groups excluding tert-OH is 2. The fourth-order valence-electron chi connectivity index (χ4n) is 2.43. The molecule has 1 fully saturated rings. The summed E-state index contributed by atoms with van der Waals surface area (Å²) in [5.41, 5.74) is -0.0230. The molecule has 0 bridgehead atoms. The average molecular weight is 322 g/mol. The van der Waals surface area contributed by atoms with Crippen LogP contribution in [0, 0.1) is 0 Å². The van der Waals surface area contributed by atoms with E-state index in [1.54, 1.807) is 19.0 Å². The average Bonchev–Trinajstić information content (AvgIpc) is 3.08. The van der Waals surface area contributed by atoms with Gasteiger partial charge >= 0.3 is 0 Å². The number of aliphatic imine (C=N–C) groups is 1. The monoisotopic (exact) mass is 322 g/mol. The molecule has 1 saturated heterocycles. The number of hydrogen-bond acceptors (Lipinski definition) is 7. The molecule has 0 aliphatic carbocycles. The Morgan fingerprint density at radius 2 is 2.39 bits per heavy atom. The molecular weight excluding hydrogens is 304 g/mol. The normalized spacial score (nSPS) is 24.8. The van der Waals surface area contributed by atoms with E-state index < -0.39 is 24.0 Å². The lowest BCUT2D eigenvalue weighted by Gasteiger charge is -2.16. The summed E-state index contributed by atoms with van der Waals surface area (Å²) in [5.74, 6) is 0.129. The van der Waals surface area contributed by atoms with Crippen LogP contribution in [-0.2, 0) is 4.74 Å². The zero-order valence-electron chi connectivity index (χ0n) is 12.7. The highest BCUT2D eigenvalue weighted by molar-refractivity contribution is 5.71. The first kappa shape index (κ1) is 15.6. The molecule has 0 spiro atoms. The van der Waals surface area contributed by atoms with Crippen molar-refractivity contribution in [2.24, 2.45) is 4.99 Å². The van der Waals surface area contributed by atoms with E-state index in [-0.39, 0.29) is 23.7 Å². The Balaban J connectivity index is 2.03. The van der Waals surface area contributed by atoms with Crippen molar-refractivity contribution in [3.05, 3.63) is 16.7 Å². The van der Waals surface area contributed by atoms with Gasteiger partial charge in [0.2, 0.25) is 5.95 Å². The number of ether oxygens (including phenoxy) is 1. The summed E-state index contributed by atoms with van der Waals surface area (Å²) in [5, 5.41) is 19.3. The van der Waals surface area contributed by atoms with Gasteiger partial charge in [0.25, 0.3) is 5.56 Å². The highest BCUT2D eigenvalue weighted by Crippen LogP contribution is 2.30. The van der Waals surface area contributed by atoms with Crippen LogP contribution in [0.4, 0.5) is 5.95 Å². The van der Waals surface area contributed by atoms with Gasteiger partial charge in [-0.05, 0) is 0 Å². The van der Waals surface area contributed by atoms with Gasteiger partial charge in [-0.1, -0.05) is 0 Å². The van der Waals surface area contributed by atoms with Crippen LogP contribution in [0.5, 0.6) is 0 Å². The maximum Gasteiger partial charge on any atom is 0.280 e. The van der Waals surface area contributed by atoms with Crippen molar-refractivity contribution in [1.29, 1.82) is 0 Å². The van der Waals surface area contributed by atoms with Crippen LogP contribution in [-0.4, -0.2) is 73.9 Å². The summed E-state index contributed by atoms with van der Waals surface area (Å²) < 4.78 is 7.06. The molecule has 0 saturated carbocycles. The second-order valence-electron chi connectivity index (χ2n) is 5.56. The molecule has 3 unspecified atom stereocenters. The third kappa shape index (κ3) is 2.96. The minimum absolute atomic E-state index is 0.129. The van der Waals surface area contributed by atoms with Gasteiger partial charge in [-0.25, -0.2) is 9.98 Å². The van der Waals surface area contributed by atoms with E-state index in [1.807, 2.05) is 0 Å². The topological polar surface area (TPSA) is 129 Å². The minimum atomic E-state index is -0.820. The molecule has 124 valence electrons. The number of nitrogens with zero attached hydrogens (tertiary/aromatic N) is 5. The van der Waals surface area contributed by atoms with Gasteiger partial charge in [0.05, 0.1) is 25.4 Å². The Labute approximate surface area is 131 Å². The molecule has 3 heterocycles. The van der Waals surface area contributed by atoms with Crippen LogP contribution in [0.3, 0.4) is 0 Å². The maximum atomic E-state index is 12.1. The van der Waals surface area contributed by atoms with Crippen LogP contribution in [0.1, 0.15) is 12.6 Å². The Morgan fingerprint density at radius 1 is 1.61 bits per heavy atom. The first-order chi connectivity index (χ1) is 11.0. The highest BCUT2D eigenvalue weighted by Gasteiger charge is 2.36. The largest absolute Gasteiger partial charge is 0.394 e. The third-order valence-corrected chi connectivity index (χ3v) is 3.47. The lowest BCUT2D eigenvalue weighted by Crippen LogP contribution is -2.20. The van der Waals surface area contributed by atoms with E-state index >= 15 is 0 Å². The lowest BCUT2D eigenvalue weighted by molar-refractivity contribution is -0.0486. The van der Waals surface area contributed by atoms with Crippen molar-refractivity contribution < 1.29 is 14.9 Å². The van der Waals surface area contributed by atoms with Gasteiger partial charge in [-0.15, -0.1) is 0 Å². The van der Waals surface area contributed by atoms with E-state index in [0.29, 0.717) is 6.42 Å². The van der Waals surface area contributed by atoms with Gasteiger partial charge < -0.3 is 19.8 Å². The second-order valence-corrected chi connectivity index (χ2v) is 5.56. The summed E-state index contributed by atoms with van der Waals surface area (Å²) in [7, 11) is 3.59. The third-order valence-electron chi connectivity index (χ3n) is 3.47. The number of nitrogens with one attached hydrogen (secondary N) is 1. The first-order valence-electron chi connectivity index (χ1n) is 7.11. The molecular formula is C13H18N6O4. The van der Waals surface area contributed by atoms with Gasteiger partial charge in [0, 0.05) is 20.5 Å². The van der Waals surface area contributed by atoms with Crippen LogP contribution in [0.15, 0.2) is 16.1 Å². The summed E-state index contributed by atoms with van der Waals surface area (Å²) in [6, 6.07) is 0. The molecule has 3 atom stereocenters. The fourth-order valence-corrected chi connectivity index (χ4v) is 2.43. The molecule has 0 amide bonds. The number of aromatic amines is 1. The molecule has 10 heteroatoms. The number of aliphatic hydroxyl groups is 2. The molecule has 3 rings (SSSR count). The number of imidazole rings is 1. The van der Waals surface area contributed by atoms with Crippen LogP contribution in [0.25, 0.3) is 11.2 Å². The molecule has 1 aliphatic rings. The van der Waals surface area contributed by atoms with E-state index in [2.05, 4.69) is 19.9 Å². The molecule has 0 aromatic carbocycles. The summed E-state index contributed by atoms with van der Waals surface area (Å²) in [6.07, 6.45) is 1.17. The SMILES string of the molecule is CN(C)C=Nc1nc2c(ncn2C2OC(CO)CC2O)c(=O)[nH]1. The Morgan fingerprint density at radius 3 is 3.04 bits per heavy atom. The molecule has 2 aromatic rings. The second kappa shape index (κ2) is 6.07. The van der Waals surface area contributed by atoms with Gasteiger partial charge in [0.1, 0.15) is 6.10 Å². The van der Waals surface area contributed by atoms with E-state index in [0.717, 1.165) is 0 Å². The Bertz CT molecular complexity index is 782. The number of aromatic nitrogens is 4. The summed E-state index contributed by atoms with van der Waals surface area (Å²) in [6.45, 7) is -0.188. The van der Waals surface area contributed by atoms with Crippen molar-refractivity contribution in [2.75, 3.05) is 20.7 Å². The summed E-state index contributed by atoms with van der Waals surface area (Å²) >= 11 is 0. The summed E-state index contributed by atoms with van der Waals surface area (Å²) in [4.78, 5) is 28.7. The smallest absolute Gasteiger partial charge is 0.280 e. The van der Waals surface area contributed by atoms with Gasteiger partial charge in [0.15, 0.2) is 17.4 Å². The molecule has 2 aromatic heterocycles. The van der Waals surface area contributed by atoms with Crippen molar-refractivity contribution >= 4 is 23.5 Å². The lowest BCUT2D eigenvalue weighted by atomic mass is 10.2. The van der Waals surface area contributed by atoms with Crippen LogP contribution < -0.4 is 5.56 Å². The maximum absolute atomic E-state index is 12.1. The molecule has 1 aliphatic heterocycles. The molecule has 0 radical (unpaired) electrons. The van der Waals surface area contributed by atoms with E-state index in [1.165, 1.54) is 17.2 Å². The number of hydrogen-bond donors (Lipinski definition) is 3. The quantitative estimate of drug-likeness (QED) is 0.485. The minimum Gasteiger partial charge on any atom is -0.394 e. The van der Waals surface area contributed by atoms with Crippen LogP contribution >= 0.6 is 0 Å². The highest BCUT2D eigenvalue weighted by atomic mass is 16.5. The zero-order valence-corrected chi connectivity index (χ0v) is 12.7. The predicted molar refractivity (Wildman–Crippen MR) is 81.6 cm³/mol. The van der Waals surface area contributed by atoms with Crippen molar-refractivity contribution in [2.45, 2.75) is 24.9 Å². The number of H-pyrrole nitrogens is 1. The van der Waals surface area contributed by atoms with Crippen molar-refractivity contribution in [1.82, 2.24) is 24.4 Å². The Kier molecular flexibility index (Phi) is 4.11. The predicted octanol–water partition coefficient (Wildman–Crippen LogP) is -1.02.